The summed E-state index contributed by atoms with van der Waals surface area (Å²) in [5.74, 6) is -0.182. The van der Waals surface area contributed by atoms with Gasteiger partial charge in [-0.15, -0.1) is 0 Å². The maximum absolute atomic E-state index is 12.3. The molecule has 8 nitrogen and oxygen atoms in total. The van der Waals surface area contributed by atoms with Crippen molar-refractivity contribution in [1.82, 2.24) is 24.6 Å². The predicted molar refractivity (Wildman–Crippen MR) is 72.7 cm³/mol. The highest BCUT2D eigenvalue weighted by Crippen LogP contribution is 2.07. The molecule has 0 aliphatic rings. The Balaban J connectivity index is 2.13. The van der Waals surface area contributed by atoms with Gasteiger partial charge in [-0.25, -0.2) is 14.6 Å². The van der Waals surface area contributed by atoms with E-state index in [0.29, 0.717) is 17.9 Å². The molecule has 1 amide bonds. The molecule has 2 aromatic rings. The number of likely N-dealkylation sites (N-methyl/N-ethyl adjacent to an activating group) is 1. The van der Waals surface area contributed by atoms with E-state index in [-0.39, 0.29) is 12.5 Å². The molecule has 0 atom stereocenters. The van der Waals surface area contributed by atoms with Crippen LogP contribution >= 0.6 is 0 Å². The van der Waals surface area contributed by atoms with Crippen molar-refractivity contribution in [3.63, 3.8) is 0 Å². The SMILES string of the molecule is CCN(CC(=O)OC)C(=O)c1ccc(-n2cncn2)nc1. The van der Waals surface area contributed by atoms with E-state index in [0.717, 1.165) is 0 Å². The van der Waals surface area contributed by atoms with Crippen LogP contribution in [0.5, 0.6) is 0 Å². The number of pyridine rings is 1. The smallest absolute Gasteiger partial charge is 0.325 e. The van der Waals surface area contributed by atoms with Gasteiger partial charge in [-0.05, 0) is 19.1 Å². The third-order valence-electron chi connectivity index (χ3n) is 2.86. The minimum absolute atomic E-state index is 0.0866. The highest BCUT2D eigenvalue weighted by molar-refractivity contribution is 5.95. The number of nitrogens with zero attached hydrogens (tertiary/aromatic N) is 5. The van der Waals surface area contributed by atoms with E-state index in [1.54, 1.807) is 19.1 Å². The Morgan fingerprint density at radius 1 is 1.38 bits per heavy atom. The molecule has 0 aromatic carbocycles. The highest BCUT2D eigenvalue weighted by Gasteiger charge is 2.18. The summed E-state index contributed by atoms with van der Waals surface area (Å²) in [4.78, 5) is 32.9. The third kappa shape index (κ3) is 3.41. The summed E-state index contributed by atoms with van der Waals surface area (Å²) in [6, 6.07) is 3.29. The van der Waals surface area contributed by atoms with Gasteiger partial charge in [-0.1, -0.05) is 0 Å². The minimum atomic E-state index is -0.461. The number of methoxy groups -OCH3 is 1. The van der Waals surface area contributed by atoms with Gasteiger partial charge in [0.2, 0.25) is 0 Å². The summed E-state index contributed by atoms with van der Waals surface area (Å²) >= 11 is 0. The van der Waals surface area contributed by atoms with Crippen molar-refractivity contribution in [2.24, 2.45) is 0 Å². The second-order valence-corrected chi connectivity index (χ2v) is 4.14. The maximum Gasteiger partial charge on any atom is 0.325 e. The number of amides is 1. The van der Waals surface area contributed by atoms with Gasteiger partial charge in [0.15, 0.2) is 5.82 Å². The molecule has 0 bridgehead atoms. The van der Waals surface area contributed by atoms with E-state index >= 15 is 0 Å². The summed E-state index contributed by atoms with van der Waals surface area (Å²) in [7, 11) is 1.29. The molecule has 2 rings (SSSR count). The summed E-state index contributed by atoms with van der Waals surface area (Å²) in [6.45, 7) is 2.10. The molecule has 0 saturated carbocycles. The standard InChI is InChI=1S/C13H15N5O3/c1-3-17(7-12(19)21-2)13(20)10-4-5-11(15-6-10)18-9-14-8-16-18/h4-6,8-9H,3,7H2,1-2H3. The largest absolute Gasteiger partial charge is 0.468 e. The van der Waals surface area contributed by atoms with E-state index in [2.05, 4.69) is 19.8 Å². The fraction of sp³-hybridized carbons (Fsp3) is 0.308. The summed E-state index contributed by atoms with van der Waals surface area (Å²) in [6.07, 6.45) is 4.36. The molecule has 0 aliphatic heterocycles. The first-order valence-corrected chi connectivity index (χ1v) is 6.32. The van der Waals surface area contributed by atoms with E-state index in [1.807, 2.05) is 0 Å². The number of hydrogen-bond donors (Lipinski definition) is 0. The van der Waals surface area contributed by atoms with Gasteiger partial charge in [0.1, 0.15) is 19.2 Å². The highest BCUT2D eigenvalue weighted by atomic mass is 16.5. The lowest BCUT2D eigenvalue weighted by atomic mass is 10.2. The molecule has 0 fully saturated rings. The Bertz CT molecular complexity index is 609. The molecule has 110 valence electrons. The topological polar surface area (TPSA) is 90.2 Å². The first kappa shape index (κ1) is 14.6. The number of carbonyl (C=O) groups excluding carboxylic acids is 2. The number of ether oxygens (including phenoxy) is 1. The Kier molecular flexibility index (Phi) is 4.60. The summed E-state index contributed by atoms with van der Waals surface area (Å²) in [5.41, 5.74) is 0.393. The normalized spacial score (nSPS) is 10.2. The molecule has 2 aromatic heterocycles. The zero-order chi connectivity index (χ0) is 15.2. The number of aromatic nitrogens is 4. The molecule has 0 saturated heterocycles. The van der Waals surface area contributed by atoms with E-state index in [9.17, 15) is 9.59 Å². The number of rotatable bonds is 5. The van der Waals surface area contributed by atoms with Crippen LogP contribution in [0.4, 0.5) is 0 Å². The van der Waals surface area contributed by atoms with Crippen LogP contribution in [0.3, 0.4) is 0 Å². The van der Waals surface area contributed by atoms with Crippen LogP contribution in [-0.2, 0) is 9.53 Å². The van der Waals surface area contributed by atoms with Gasteiger partial charge in [-0.3, -0.25) is 9.59 Å². The zero-order valence-electron chi connectivity index (χ0n) is 11.8. The van der Waals surface area contributed by atoms with Gasteiger partial charge in [0, 0.05) is 12.7 Å². The number of hydrogen-bond acceptors (Lipinski definition) is 6. The van der Waals surface area contributed by atoms with Gasteiger partial charge in [0.05, 0.1) is 12.7 Å². The Morgan fingerprint density at radius 3 is 2.71 bits per heavy atom. The average molecular weight is 289 g/mol. The van der Waals surface area contributed by atoms with Gasteiger partial charge in [0.25, 0.3) is 5.91 Å². The van der Waals surface area contributed by atoms with E-state index in [4.69, 9.17) is 0 Å². The summed E-state index contributed by atoms with van der Waals surface area (Å²) in [5, 5.41) is 3.95. The molecule has 0 N–H and O–H groups in total. The monoisotopic (exact) mass is 289 g/mol. The number of esters is 1. The van der Waals surface area contributed by atoms with Gasteiger partial charge < -0.3 is 9.64 Å². The zero-order valence-corrected chi connectivity index (χ0v) is 11.8. The number of carbonyl (C=O) groups is 2. The minimum Gasteiger partial charge on any atom is -0.468 e. The van der Waals surface area contributed by atoms with Crippen molar-refractivity contribution in [3.8, 4) is 5.82 Å². The first-order valence-electron chi connectivity index (χ1n) is 6.32. The Morgan fingerprint density at radius 2 is 2.19 bits per heavy atom. The predicted octanol–water partition coefficient (Wildman–Crippen LogP) is 0.297. The van der Waals surface area contributed by atoms with Crippen molar-refractivity contribution >= 4 is 11.9 Å². The van der Waals surface area contributed by atoms with Crippen LogP contribution in [-0.4, -0.2) is 56.7 Å². The van der Waals surface area contributed by atoms with Crippen molar-refractivity contribution < 1.29 is 14.3 Å². The van der Waals surface area contributed by atoms with Crippen LogP contribution in [0.25, 0.3) is 5.82 Å². The van der Waals surface area contributed by atoms with Crippen LogP contribution in [0.1, 0.15) is 17.3 Å². The molecule has 0 spiro atoms. The fourth-order valence-electron chi connectivity index (χ4n) is 1.70. The summed E-state index contributed by atoms with van der Waals surface area (Å²) < 4.78 is 6.06. The van der Waals surface area contributed by atoms with Crippen molar-refractivity contribution in [1.29, 1.82) is 0 Å². The van der Waals surface area contributed by atoms with Gasteiger partial charge >= 0.3 is 5.97 Å². The maximum atomic E-state index is 12.3. The second kappa shape index (κ2) is 6.60. The van der Waals surface area contributed by atoms with E-state index in [1.165, 1.54) is 35.5 Å². The van der Waals surface area contributed by atoms with Crippen molar-refractivity contribution in [2.75, 3.05) is 20.2 Å². The van der Waals surface area contributed by atoms with E-state index < -0.39 is 5.97 Å². The van der Waals surface area contributed by atoms with Crippen molar-refractivity contribution in [3.05, 3.63) is 36.5 Å². The van der Waals surface area contributed by atoms with Crippen LogP contribution in [0.2, 0.25) is 0 Å². The molecule has 0 radical (unpaired) electrons. The fourth-order valence-corrected chi connectivity index (χ4v) is 1.70. The molecule has 21 heavy (non-hydrogen) atoms. The molecule has 0 unspecified atom stereocenters. The molecule has 2 heterocycles. The van der Waals surface area contributed by atoms with Gasteiger partial charge in [-0.2, -0.15) is 5.10 Å². The lowest BCUT2D eigenvalue weighted by Crippen LogP contribution is -2.36. The Hall–Kier alpha value is -2.77. The molecule has 0 aliphatic carbocycles. The van der Waals surface area contributed by atoms with Crippen LogP contribution in [0.15, 0.2) is 31.0 Å². The lowest BCUT2D eigenvalue weighted by molar-refractivity contribution is -0.141. The third-order valence-corrected chi connectivity index (χ3v) is 2.86. The van der Waals surface area contributed by atoms with Crippen LogP contribution in [0, 0.1) is 0 Å². The second-order valence-electron chi connectivity index (χ2n) is 4.14. The van der Waals surface area contributed by atoms with Crippen molar-refractivity contribution in [2.45, 2.75) is 6.92 Å². The molecule has 8 heteroatoms. The lowest BCUT2D eigenvalue weighted by Gasteiger charge is -2.19. The average Bonchev–Trinajstić information content (AvgIpc) is 3.06. The Labute approximate surface area is 121 Å². The quantitative estimate of drug-likeness (QED) is 0.735. The molecular weight excluding hydrogens is 274 g/mol. The first-order chi connectivity index (χ1) is 10.2. The molecular formula is C13H15N5O3. The van der Waals surface area contributed by atoms with Crippen LogP contribution < -0.4 is 0 Å².